The maximum absolute atomic E-state index is 12.7. The molecule has 2 aromatic rings. The lowest BCUT2D eigenvalue weighted by atomic mass is 9.78. The van der Waals surface area contributed by atoms with Crippen molar-refractivity contribution >= 4 is 6.03 Å². The van der Waals surface area contributed by atoms with Crippen LogP contribution in [0.15, 0.2) is 60.7 Å². The molecule has 0 aliphatic rings. The van der Waals surface area contributed by atoms with Gasteiger partial charge in [-0.15, -0.1) is 0 Å². The molecule has 1 atom stereocenters. The Kier molecular flexibility index (Phi) is 7.22. The second-order valence-electron chi connectivity index (χ2n) is 7.21. The van der Waals surface area contributed by atoms with Crippen LogP contribution in [0.4, 0.5) is 4.79 Å². The molecular weight excluding hydrogens is 324 g/mol. The van der Waals surface area contributed by atoms with Gasteiger partial charge >= 0.3 is 6.03 Å². The third-order valence-corrected chi connectivity index (χ3v) is 5.11. The van der Waals surface area contributed by atoms with Gasteiger partial charge in [-0.3, -0.25) is 0 Å². The van der Waals surface area contributed by atoms with Crippen molar-refractivity contribution in [2.45, 2.75) is 38.6 Å². The standard InChI is InChI=1S/C22H30N2O2/c1-18(22(2,3)20-12-8-5-9-13-20)23-21(26)24(16-17-25)15-14-19-10-6-4-7-11-19/h4-13,18,25H,14-17H2,1-3H3,(H,23,26). The molecule has 2 rings (SSSR count). The van der Waals surface area contributed by atoms with Crippen molar-refractivity contribution in [3.8, 4) is 0 Å². The molecule has 0 bridgehead atoms. The lowest BCUT2D eigenvalue weighted by molar-refractivity contribution is 0.171. The Morgan fingerprint density at radius 2 is 1.62 bits per heavy atom. The fourth-order valence-corrected chi connectivity index (χ4v) is 2.92. The minimum atomic E-state index is -0.193. The van der Waals surface area contributed by atoms with Crippen LogP contribution < -0.4 is 5.32 Å². The summed E-state index contributed by atoms with van der Waals surface area (Å²) in [5.41, 5.74) is 2.17. The molecule has 140 valence electrons. The van der Waals surface area contributed by atoms with Gasteiger partial charge in [0, 0.05) is 24.5 Å². The molecule has 0 aliphatic carbocycles. The quantitative estimate of drug-likeness (QED) is 0.761. The minimum absolute atomic E-state index is 0.0430. The van der Waals surface area contributed by atoms with Gasteiger partial charge in [0.1, 0.15) is 0 Å². The Hall–Kier alpha value is -2.33. The van der Waals surface area contributed by atoms with Crippen molar-refractivity contribution < 1.29 is 9.90 Å². The Labute approximate surface area is 156 Å². The molecule has 1 unspecified atom stereocenters. The summed E-state index contributed by atoms with van der Waals surface area (Å²) in [6.45, 7) is 7.16. The lowest BCUT2D eigenvalue weighted by Gasteiger charge is -2.35. The number of rotatable bonds is 8. The highest BCUT2D eigenvalue weighted by molar-refractivity contribution is 5.74. The van der Waals surface area contributed by atoms with Crippen molar-refractivity contribution in [1.29, 1.82) is 0 Å². The van der Waals surface area contributed by atoms with E-state index >= 15 is 0 Å². The molecule has 0 saturated heterocycles. The fraction of sp³-hybridized carbons (Fsp3) is 0.409. The molecule has 4 nitrogen and oxygen atoms in total. The summed E-state index contributed by atoms with van der Waals surface area (Å²) >= 11 is 0. The zero-order chi connectivity index (χ0) is 19.0. The van der Waals surface area contributed by atoms with E-state index < -0.39 is 0 Å². The van der Waals surface area contributed by atoms with Crippen LogP contribution in [-0.4, -0.2) is 41.8 Å². The molecule has 0 saturated carbocycles. The van der Waals surface area contributed by atoms with Crippen molar-refractivity contribution in [3.05, 3.63) is 71.8 Å². The van der Waals surface area contributed by atoms with Crippen molar-refractivity contribution in [1.82, 2.24) is 10.2 Å². The molecule has 0 fully saturated rings. The van der Waals surface area contributed by atoms with Gasteiger partial charge in [0.25, 0.3) is 0 Å². The average molecular weight is 354 g/mol. The highest BCUT2D eigenvalue weighted by atomic mass is 16.3. The van der Waals surface area contributed by atoms with E-state index in [1.54, 1.807) is 4.90 Å². The third kappa shape index (κ3) is 5.33. The summed E-state index contributed by atoms with van der Waals surface area (Å²) in [5.74, 6) is 0. The van der Waals surface area contributed by atoms with E-state index in [1.165, 1.54) is 11.1 Å². The minimum Gasteiger partial charge on any atom is -0.395 e. The second-order valence-corrected chi connectivity index (χ2v) is 7.21. The topological polar surface area (TPSA) is 52.6 Å². The van der Waals surface area contributed by atoms with Gasteiger partial charge in [-0.25, -0.2) is 4.79 Å². The van der Waals surface area contributed by atoms with Crippen LogP contribution >= 0.6 is 0 Å². The zero-order valence-corrected chi connectivity index (χ0v) is 16.0. The summed E-state index contributed by atoms with van der Waals surface area (Å²) in [6, 6.07) is 20.1. The number of aliphatic hydroxyl groups is 1. The number of urea groups is 1. The van der Waals surface area contributed by atoms with Gasteiger partial charge in [-0.05, 0) is 24.5 Å². The smallest absolute Gasteiger partial charge is 0.317 e. The number of nitrogens with zero attached hydrogens (tertiary/aromatic N) is 1. The van der Waals surface area contributed by atoms with Crippen LogP contribution in [0.3, 0.4) is 0 Å². The number of benzene rings is 2. The maximum atomic E-state index is 12.7. The summed E-state index contributed by atoms with van der Waals surface area (Å²) in [5, 5.41) is 12.4. The average Bonchev–Trinajstić information content (AvgIpc) is 2.66. The van der Waals surface area contributed by atoms with Crippen LogP contribution in [0.5, 0.6) is 0 Å². The largest absolute Gasteiger partial charge is 0.395 e. The van der Waals surface area contributed by atoms with Gasteiger partial charge < -0.3 is 15.3 Å². The SMILES string of the molecule is CC(NC(=O)N(CCO)CCc1ccccc1)C(C)(C)c1ccccc1. The van der Waals surface area contributed by atoms with E-state index in [4.69, 9.17) is 0 Å². The van der Waals surface area contributed by atoms with Crippen molar-refractivity contribution in [3.63, 3.8) is 0 Å². The van der Waals surface area contributed by atoms with E-state index in [-0.39, 0.29) is 24.1 Å². The van der Waals surface area contributed by atoms with Crippen LogP contribution in [0.2, 0.25) is 0 Å². The Balaban J connectivity index is 1.99. The van der Waals surface area contributed by atoms with E-state index in [9.17, 15) is 9.90 Å². The molecule has 0 spiro atoms. The highest BCUT2D eigenvalue weighted by Crippen LogP contribution is 2.26. The van der Waals surface area contributed by atoms with Crippen LogP contribution in [0, 0.1) is 0 Å². The summed E-state index contributed by atoms with van der Waals surface area (Å²) in [4.78, 5) is 14.4. The first-order valence-electron chi connectivity index (χ1n) is 9.21. The zero-order valence-electron chi connectivity index (χ0n) is 16.0. The number of hydrogen-bond acceptors (Lipinski definition) is 2. The number of nitrogens with one attached hydrogen (secondary N) is 1. The monoisotopic (exact) mass is 354 g/mol. The predicted molar refractivity (Wildman–Crippen MR) is 106 cm³/mol. The Bertz CT molecular complexity index is 671. The predicted octanol–water partition coefficient (Wildman–Crippen LogP) is 3.60. The number of carbonyl (C=O) groups is 1. The third-order valence-electron chi connectivity index (χ3n) is 5.11. The molecule has 4 heteroatoms. The van der Waals surface area contributed by atoms with Crippen LogP contribution in [0.25, 0.3) is 0 Å². The Morgan fingerprint density at radius 1 is 1.04 bits per heavy atom. The van der Waals surface area contributed by atoms with E-state index in [0.717, 1.165) is 6.42 Å². The van der Waals surface area contributed by atoms with Crippen molar-refractivity contribution in [2.75, 3.05) is 19.7 Å². The number of aliphatic hydroxyl groups excluding tert-OH is 1. The summed E-state index contributed by atoms with van der Waals surface area (Å²) < 4.78 is 0. The Morgan fingerprint density at radius 3 is 2.19 bits per heavy atom. The van der Waals surface area contributed by atoms with Gasteiger partial charge in [-0.2, -0.15) is 0 Å². The molecular formula is C22H30N2O2. The molecule has 0 aliphatic heterocycles. The summed E-state index contributed by atoms with van der Waals surface area (Å²) in [7, 11) is 0. The van der Waals surface area contributed by atoms with E-state index in [1.807, 2.05) is 43.3 Å². The van der Waals surface area contributed by atoms with Gasteiger partial charge in [0.15, 0.2) is 0 Å². The maximum Gasteiger partial charge on any atom is 0.317 e. The second kappa shape index (κ2) is 9.39. The van der Waals surface area contributed by atoms with Gasteiger partial charge in [0.05, 0.1) is 6.61 Å². The first-order valence-corrected chi connectivity index (χ1v) is 9.21. The molecule has 2 amide bonds. The number of carbonyl (C=O) groups excluding carboxylic acids is 1. The van der Waals surface area contributed by atoms with Gasteiger partial charge in [0.2, 0.25) is 0 Å². The van der Waals surface area contributed by atoms with Gasteiger partial charge in [-0.1, -0.05) is 74.5 Å². The number of hydrogen-bond donors (Lipinski definition) is 2. The molecule has 0 heterocycles. The normalized spacial score (nSPS) is 12.5. The molecule has 2 aromatic carbocycles. The summed E-state index contributed by atoms with van der Waals surface area (Å²) in [6.07, 6.45) is 0.769. The highest BCUT2D eigenvalue weighted by Gasteiger charge is 2.30. The van der Waals surface area contributed by atoms with E-state index in [0.29, 0.717) is 13.1 Å². The van der Waals surface area contributed by atoms with E-state index in [2.05, 4.69) is 43.4 Å². The van der Waals surface area contributed by atoms with Crippen LogP contribution in [0.1, 0.15) is 31.9 Å². The van der Waals surface area contributed by atoms with Crippen molar-refractivity contribution in [2.24, 2.45) is 0 Å². The molecule has 2 N–H and O–H groups in total. The molecule has 26 heavy (non-hydrogen) atoms. The number of amides is 2. The fourth-order valence-electron chi connectivity index (χ4n) is 2.92. The molecule has 0 aromatic heterocycles. The lowest BCUT2D eigenvalue weighted by Crippen LogP contribution is -2.51. The molecule has 0 radical (unpaired) electrons. The first kappa shape index (κ1) is 20.0. The van der Waals surface area contributed by atoms with Crippen LogP contribution in [-0.2, 0) is 11.8 Å². The first-order chi connectivity index (χ1) is 12.4.